The number of carbonyl (C=O) groups is 1. The number of amides is 1. The number of ether oxygens (including phenoxy) is 2. The van der Waals surface area contributed by atoms with E-state index in [0.717, 1.165) is 30.8 Å². The van der Waals surface area contributed by atoms with Crippen LogP contribution in [0.15, 0.2) is 54.6 Å². The van der Waals surface area contributed by atoms with Gasteiger partial charge in [0.25, 0.3) is 0 Å². The van der Waals surface area contributed by atoms with E-state index in [1.807, 2.05) is 55.5 Å². The molecule has 4 nitrogen and oxygen atoms in total. The zero-order chi connectivity index (χ0) is 17.9. The van der Waals surface area contributed by atoms with Gasteiger partial charge < -0.3 is 14.8 Å². The number of carbonyl (C=O) groups excluding carboxylic acids is 1. The molecule has 0 bridgehead atoms. The van der Waals surface area contributed by atoms with Gasteiger partial charge in [-0.25, -0.2) is 0 Å². The molecule has 2 aromatic carbocycles. The second-order valence-corrected chi connectivity index (χ2v) is 5.52. The van der Waals surface area contributed by atoms with Crippen LogP contribution in [-0.2, 0) is 4.79 Å². The lowest BCUT2D eigenvalue weighted by molar-refractivity contribution is -0.111. The van der Waals surface area contributed by atoms with Crippen molar-refractivity contribution in [2.24, 2.45) is 0 Å². The second kappa shape index (κ2) is 10.2. The summed E-state index contributed by atoms with van der Waals surface area (Å²) in [5.74, 6) is 1.32. The molecule has 0 saturated carbocycles. The van der Waals surface area contributed by atoms with Crippen molar-refractivity contribution in [1.29, 1.82) is 0 Å². The number of para-hydroxylation sites is 2. The van der Waals surface area contributed by atoms with Gasteiger partial charge in [0.05, 0.1) is 18.9 Å². The Balaban J connectivity index is 1.92. The summed E-state index contributed by atoms with van der Waals surface area (Å²) >= 11 is 0. The number of anilines is 1. The van der Waals surface area contributed by atoms with Crippen molar-refractivity contribution in [1.82, 2.24) is 0 Å². The number of benzene rings is 2. The molecule has 0 heterocycles. The summed E-state index contributed by atoms with van der Waals surface area (Å²) in [6.45, 7) is 5.33. The fraction of sp³-hybridized carbons (Fsp3) is 0.286. The van der Waals surface area contributed by atoms with Crippen molar-refractivity contribution in [2.45, 2.75) is 26.7 Å². The highest BCUT2D eigenvalue weighted by molar-refractivity contribution is 6.02. The molecule has 1 N–H and O–H groups in total. The Morgan fingerprint density at radius 1 is 1.04 bits per heavy atom. The predicted octanol–water partition coefficient (Wildman–Crippen LogP) is 4.92. The van der Waals surface area contributed by atoms with E-state index in [-0.39, 0.29) is 5.91 Å². The van der Waals surface area contributed by atoms with Crippen molar-refractivity contribution in [2.75, 3.05) is 18.5 Å². The first-order valence-electron chi connectivity index (χ1n) is 8.66. The van der Waals surface area contributed by atoms with Gasteiger partial charge in [0.15, 0.2) is 0 Å². The van der Waals surface area contributed by atoms with Crippen molar-refractivity contribution >= 4 is 17.7 Å². The van der Waals surface area contributed by atoms with Crippen molar-refractivity contribution in [3.8, 4) is 11.5 Å². The van der Waals surface area contributed by atoms with Gasteiger partial charge in [0, 0.05) is 6.08 Å². The summed E-state index contributed by atoms with van der Waals surface area (Å²) < 4.78 is 11.1. The maximum Gasteiger partial charge on any atom is 0.248 e. The highest BCUT2D eigenvalue weighted by atomic mass is 16.5. The number of rotatable bonds is 9. The van der Waals surface area contributed by atoms with E-state index in [2.05, 4.69) is 12.2 Å². The van der Waals surface area contributed by atoms with Crippen LogP contribution >= 0.6 is 0 Å². The van der Waals surface area contributed by atoms with Crippen LogP contribution < -0.4 is 14.8 Å². The van der Waals surface area contributed by atoms with E-state index >= 15 is 0 Å². The molecular weight excluding hydrogens is 314 g/mol. The van der Waals surface area contributed by atoms with E-state index in [4.69, 9.17) is 9.47 Å². The van der Waals surface area contributed by atoms with Gasteiger partial charge in [-0.2, -0.15) is 0 Å². The SMILES string of the molecule is CCCCOc1ccc(/C=C/C(=O)Nc2ccccc2OCC)cc1. The number of hydrogen-bond acceptors (Lipinski definition) is 3. The number of hydrogen-bond donors (Lipinski definition) is 1. The molecule has 0 aromatic heterocycles. The maximum absolute atomic E-state index is 12.1. The normalized spacial score (nSPS) is 10.6. The third-order valence-electron chi connectivity index (χ3n) is 3.52. The van der Waals surface area contributed by atoms with E-state index in [9.17, 15) is 4.79 Å². The minimum absolute atomic E-state index is 0.199. The van der Waals surface area contributed by atoms with E-state index in [0.29, 0.717) is 18.0 Å². The number of nitrogens with one attached hydrogen (secondary N) is 1. The van der Waals surface area contributed by atoms with Gasteiger partial charge in [-0.05, 0) is 49.2 Å². The zero-order valence-corrected chi connectivity index (χ0v) is 14.8. The molecule has 0 saturated heterocycles. The van der Waals surface area contributed by atoms with Crippen LogP contribution in [0.5, 0.6) is 11.5 Å². The molecule has 0 unspecified atom stereocenters. The molecule has 0 aliphatic rings. The third kappa shape index (κ3) is 6.34. The van der Waals surface area contributed by atoms with Crippen LogP contribution in [0, 0.1) is 0 Å². The minimum Gasteiger partial charge on any atom is -0.494 e. The first kappa shape index (κ1) is 18.6. The van der Waals surface area contributed by atoms with Gasteiger partial charge in [0.2, 0.25) is 5.91 Å². The van der Waals surface area contributed by atoms with Gasteiger partial charge in [-0.15, -0.1) is 0 Å². The molecular formula is C21H25NO3. The topological polar surface area (TPSA) is 47.6 Å². The first-order valence-corrected chi connectivity index (χ1v) is 8.66. The maximum atomic E-state index is 12.1. The van der Waals surface area contributed by atoms with Crippen LogP contribution in [-0.4, -0.2) is 19.1 Å². The molecule has 4 heteroatoms. The first-order chi connectivity index (χ1) is 12.2. The lowest BCUT2D eigenvalue weighted by Crippen LogP contribution is -2.09. The molecule has 0 atom stereocenters. The van der Waals surface area contributed by atoms with Gasteiger partial charge in [-0.3, -0.25) is 4.79 Å². The second-order valence-electron chi connectivity index (χ2n) is 5.52. The van der Waals surface area contributed by atoms with Crippen molar-refractivity contribution in [3.63, 3.8) is 0 Å². The van der Waals surface area contributed by atoms with Crippen LogP contribution in [0.2, 0.25) is 0 Å². The zero-order valence-electron chi connectivity index (χ0n) is 14.8. The minimum atomic E-state index is -0.199. The average molecular weight is 339 g/mol. The molecule has 0 spiro atoms. The smallest absolute Gasteiger partial charge is 0.248 e. The molecule has 0 fully saturated rings. The van der Waals surface area contributed by atoms with Gasteiger partial charge in [-0.1, -0.05) is 37.6 Å². The Bertz CT molecular complexity index is 693. The molecule has 2 rings (SSSR count). The summed E-state index contributed by atoms with van der Waals surface area (Å²) in [5.41, 5.74) is 1.61. The Hall–Kier alpha value is -2.75. The molecule has 1 amide bonds. The molecule has 2 aromatic rings. The molecule has 0 radical (unpaired) electrons. The highest BCUT2D eigenvalue weighted by Gasteiger charge is 2.04. The van der Waals surface area contributed by atoms with Crippen LogP contribution in [0.4, 0.5) is 5.69 Å². The quantitative estimate of drug-likeness (QED) is 0.521. The molecule has 25 heavy (non-hydrogen) atoms. The van der Waals surface area contributed by atoms with E-state index < -0.39 is 0 Å². The van der Waals surface area contributed by atoms with Crippen molar-refractivity contribution in [3.05, 3.63) is 60.2 Å². The largest absolute Gasteiger partial charge is 0.494 e. The molecule has 0 aliphatic carbocycles. The summed E-state index contributed by atoms with van der Waals surface area (Å²) in [6.07, 6.45) is 5.44. The summed E-state index contributed by atoms with van der Waals surface area (Å²) in [5, 5.41) is 2.84. The monoisotopic (exact) mass is 339 g/mol. The molecule has 0 aliphatic heterocycles. The van der Waals surface area contributed by atoms with Crippen molar-refractivity contribution < 1.29 is 14.3 Å². The van der Waals surface area contributed by atoms with Crippen LogP contribution in [0.25, 0.3) is 6.08 Å². The number of unbranched alkanes of at least 4 members (excludes halogenated alkanes) is 1. The Kier molecular flexibility index (Phi) is 7.57. The predicted molar refractivity (Wildman–Crippen MR) is 102 cm³/mol. The standard InChI is InChI=1S/C21H25NO3/c1-3-5-16-25-18-13-10-17(11-14-18)12-15-21(23)22-19-8-6-7-9-20(19)24-4-2/h6-15H,3-5,16H2,1-2H3,(H,22,23)/b15-12+. The fourth-order valence-electron chi connectivity index (χ4n) is 2.21. The van der Waals surface area contributed by atoms with Gasteiger partial charge >= 0.3 is 0 Å². The summed E-state index contributed by atoms with van der Waals surface area (Å²) in [4.78, 5) is 12.1. The summed E-state index contributed by atoms with van der Waals surface area (Å²) in [6, 6.07) is 15.1. The Labute approximate surface area is 149 Å². The summed E-state index contributed by atoms with van der Waals surface area (Å²) in [7, 11) is 0. The lowest BCUT2D eigenvalue weighted by Gasteiger charge is -2.09. The molecule has 132 valence electrons. The van der Waals surface area contributed by atoms with Crippen LogP contribution in [0.1, 0.15) is 32.3 Å². The fourth-order valence-corrected chi connectivity index (χ4v) is 2.21. The lowest BCUT2D eigenvalue weighted by atomic mass is 10.2. The van der Waals surface area contributed by atoms with E-state index in [1.165, 1.54) is 6.08 Å². The van der Waals surface area contributed by atoms with Gasteiger partial charge in [0.1, 0.15) is 11.5 Å². The highest BCUT2D eigenvalue weighted by Crippen LogP contribution is 2.23. The average Bonchev–Trinajstić information content (AvgIpc) is 2.63. The van der Waals surface area contributed by atoms with Crippen LogP contribution in [0.3, 0.4) is 0 Å². The Morgan fingerprint density at radius 2 is 1.80 bits per heavy atom. The Morgan fingerprint density at radius 3 is 2.52 bits per heavy atom. The van der Waals surface area contributed by atoms with E-state index in [1.54, 1.807) is 6.08 Å². The third-order valence-corrected chi connectivity index (χ3v) is 3.52.